The lowest BCUT2D eigenvalue weighted by molar-refractivity contribution is 0.513. The summed E-state index contributed by atoms with van der Waals surface area (Å²) in [7, 11) is 0. The highest BCUT2D eigenvalue weighted by Gasteiger charge is 2.22. The van der Waals surface area contributed by atoms with Crippen molar-refractivity contribution >= 4 is 0 Å². The van der Waals surface area contributed by atoms with Gasteiger partial charge in [-0.15, -0.1) is 0 Å². The molecule has 3 heteroatoms. The number of hydrogen-bond acceptors (Lipinski definition) is 2. The van der Waals surface area contributed by atoms with E-state index in [9.17, 15) is 0 Å². The maximum Gasteiger partial charge on any atom is 0.109 e. The molecule has 1 aliphatic carbocycles. The lowest BCUT2D eigenvalue weighted by Crippen LogP contribution is -2.25. The second-order valence-electron chi connectivity index (χ2n) is 6.68. The van der Waals surface area contributed by atoms with Crippen molar-refractivity contribution in [1.29, 1.82) is 0 Å². The minimum absolute atomic E-state index is 0.694. The van der Waals surface area contributed by atoms with Crippen LogP contribution < -0.4 is 5.32 Å². The van der Waals surface area contributed by atoms with Gasteiger partial charge >= 0.3 is 0 Å². The highest BCUT2D eigenvalue weighted by Crippen LogP contribution is 2.33. The van der Waals surface area contributed by atoms with Gasteiger partial charge in [-0.05, 0) is 24.7 Å². The zero-order valence-corrected chi connectivity index (χ0v) is 12.4. The van der Waals surface area contributed by atoms with E-state index in [-0.39, 0.29) is 0 Å². The molecular weight excluding hydrogens is 234 g/mol. The third-order valence-corrected chi connectivity index (χ3v) is 4.35. The number of nitrogens with one attached hydrogen (secondary N) is 1. The summed E-state index contributed by atoms with van der Waals surface area (Å²) >= 11 is 0. The van der Waals surface area contributed by atoms with Crippen LogP contribution in [-0.4, -0.2) is 16.1 Å². The van der Waals surface area contributed by atoms with Crippen LogP contribution in [-0.2, 0) is 25.9 Å². The average molecular weight is 261 g/mol. The highest BCUT2D eigenvalue weighted by molar-refractivity contribution is 5.20. The molecule has 1 aliphatic heterocycles. The fourth-order valence-corrected chi connectivity index (χ4v) is 3.16. The Labute approximate surface area is 116 Å². The molecule has 0 unspecified atom stereocenters. The standard InChI is InChI=1S/C16H27N3/c1-12(2)10-16-18-14-11-17-8-7-15(14)19(16)9-3-4-13-5-6-13/h12-13,17H,3-11H2,1-2H3. The molecule has 3 rings (SSSR count). The van der Waals surface area contributed by atoms with E-state index in [1.165, 1.54) is 49.4 Å². The first kappa shape index (κ1) is 13.2. The van der Waals surface area contributed by atoms with Gasteiger partial charge < -0.3 is 9.88 Å². The maximum absolute atomic E-state index is 4.90. The molecule has 19 heavy (non-hydrogen) atoms. The summed E-state index contributed by atoms with van der Waals surface area (Å²) in [5, 5.41) is 3.44. The number of nitrogens with zero attached hydrogens (tertiary/aromatic N) is 2. The molecule has 0 aromatic carbocycles. The molecule has 3 nitrogen and oxygen atoms in total. The van der Waals surface area contributed by atoms with Gasteiger partial charge in [-0.1, -0.05) is 26.7 Å². The van der Waals surface area contributed by atoms with E-state index >= 15 is 0 Å². The highest BCUT2D eigenvalue weighted by atomic mass is 15.1. The van der Waals surface area contributed by atoms with E-state index in [0.717, 1.165) is 31.8 Å². The zero-order valence-electron chi connectivity index (χ0n) is 12.4. The summed E-state index contributed by atoms with van der Waals surface area (Å²) in [6, 6.07) is 0. The van der Waals surface area contributed by atoms with Crippen LogP contribution in [0.3, 0.4) is 0 Å². The molecule has 0 saturated heterocycles. The van der Waals surface area contributed by atoms with Gasteiger partial charge in [-0.25, -0.2) is 4.98 Å². The Balaban J connectivity index is 1.74. The molecule has 0 bridgehead atoms. The van der Waals surface area contributed by atoms with Gasteiger partial charge in [0.2, 0.25) is 0 Å². The second kappa shape index (κ2) is 5.66. The van der Waals surface area contributed by atoms with Gasteiger partial charge in [0.15, 0.2) is 0 Å². The predicted molar refractivity (Wildman–Crippen MR) is 78.1 cm³/mol. The third-order valence-electron chi connectivity index (χ3n) is 4.35. The van der Waals surface area contributed by atoms with Gasteiger partial charge in [0.1, 0.15) is 5.82 Å². The summed E-state index contributed by atoms with van der Waals surface area (Å²) in [5.41, 5.74) is 2.83. The Hall–Kier alpha value is -0.830. The van der Waals surface area contributed by atoms with Crippen LogP contribution in [0.5, 0.6) is 0 Å². The largest absolute Gasteiger partial charge is 0.332 e. The molecule has 0 spiro atoms. The van der Waals surface area contributed by atoms with Crippen molar-refractivity contribution in [3.05, 3.63) is 17.2 Å². The van der Waals surface area contributed by atoms with Crippen LogP contribution in [0.4, 0.5) is 0 Å². The van der Waals surface area contributed by atoms with Crippen molar-refractivity contribution in [3.8, 4) is 0 Å². The molecule has 0 atom stereocenters. The average Bonchev–Trinajstić information content (AvgIpc) is 3.13. The summed E-state index contributed by atoms with van der Waals surface area (Å²) in [4.78, 5) is 4.90. The van der Waals surface area contributed by atoms with Gasteiger partial charge in [-0.2, -0.15) is 0 Å². The SMILES string of the molecule is CC(C)Cc1nc2c(n1CCCC1CC1)CCNC2. The van der Waals surface area contributed by atoms with Crippen LogP contribution >= 0.6 is 0 Å². The molecular formula is C16H27N3. The Morgan fingerprint density at radius 3 is 2.95 bits per heavy atom. The molecule has 0 radical (unpaired) electrons. The van der Waals surface area contributed by atoms with Gasteiger partial charge in [-0.3, -0.25) is 0 Å². The van der Waals surface area contributed by atoms with Gasteiger partial charge in [0, 0.05) is 38.2 Å². The van der Waals surface area contributed by atoms with Gasteiger partial charge in [0.25, 0.3) is 0 Å². The molecule has 106 valence electrons. The molecule has 1 aromatic heterocycles. The van der Waals surface area contributed by atoms with Crippen LogP contribution in [0.15, 0.2) is 0 Å². The quantitative estimate of drug-likeness (QED) is 0.853. The monoisotopic (exact) mass is 261 g/mol. The first-order valence-electron chi connectivity index (χ1n) is 8.02. The van der Waals surface area contributed by atoms with Crippen molar-refractivity contribution in [2.45, 2.75) is 65.5 Å². The molecule has 1 saturated carbocycles. The summed E-state index contributed by atoms with van der Waals surface area (Å²) < 4.78 is 2.55. The van der Waals surface area contributed by atoms with E-state index in [0.29, 0.717) is 5.92 Å². The van der Waals surface area contributed by atoms with E-state index in [1.54, 1.807) is 0 Å². The van der Waals surface area contributed by atoms with Crippen LogP contribution in [0.1, 0.15) is 56.7 Å². The van der Waals surface area contributed by atoms with Crippen molar-refractivity contribution < 1.29 is 0 Å². The summed E-state index contributed by atoms with van der Waals surface area (Å²) in [6.07, 6.45) is 7.99. The van der Waals surface area contributed by atoms with E-state index < -0.39 is 0 Å². The lowest BCUT2D eigenvalue weighted by atomic mass is 10.1. The topological polar surface area (TPSA) is 29.9 Å². The van der Waals surface area contributed by atoms with Crippen molar-refractivity contribution in [2.24, 2.45) is 11.8 Å². The maximum atomic E-state index is 4.90. The van der Waals surface area contributed by atoms with Crippen LogP contribution in [0.2, 0.25) is 0 Å². The molecule has 2 aliphatic rings. The number of imidazole rings is 1. The Kier molecular flexibility index (Phi) is 3.92. The Bertz CT molecular complexity index is 429. The number of hydrogen-bond donors (Lipinski definition) is 1. The minimum Gasteiger partial charge on any atom is -0.332 e. The van der Waals surface area contributed by atoms with E-state index in [4.69, 9.17) is 4.98 Å². The molecule has 2 heterocycles. The smallest absolute Gasteiger partial charge is 0.109 e. The normalized spacial score (nSPS) is 18.9. The van der Waals surface area contributed by atoms with Crippen LogP contribution in [0, 0.1) is 11.8 Å². The zero-order chi connectivity index (χ0) is 13.2. The number of rotatable bonds is 6. The van der Waals surface area contributed by atoms with Crippen LogP contribution in [0.25, 0.3) is 0 Å². The summed E-state index contributed by atoms with van der Waals surface area (Å²) in [6.45, 7) is 7.86. The first-order valence-corrected chi connectivity index (χ1v) is 8.02. The van der Waals surface area contributed by atoms with Crippen molar-refractivity contribution in [1.82, 2.24) is 14.9 Å². The molecule has 0 amide bonds. The van der Waals surface area contributed by atoms with E-state index in [2.05, 4.69) is 23.7 Å². The second-order valence-corrected chi connectivity index (χ2v) is 6.68. The third kappa shape index (κ3) is 3.19. The summed E-state index contributed by atoms with van der Waals surface area (Å²) in [5.74, 6) is 3.08. The number of aromatic nitrogens is 2. The molecule has 1 N–H and O–H groups in total. The number of fused-ring (bicyclic) bond motifs is 1. The lowest BCUT2D eigenvalue weighted by Gasteiger charge is -2.16. The molecule has 1 aromatic rings. The first-order chi connectivity index (χ1) is 9.24. The fourth-order valence-electron chi connectivity index (χ4n) is 3.16. The Morgan fingerprint density at radius 2 is 2.21 bits per heavy atom. The molecule has 1 fully saturated rings. The van der Waals surface area contributed by atoms with Crippen molar-refractivity contribution in [3.63, 3.8) is 0 Å². The Morgan fingerprint density at radius 1 is 1.37 bits per heavy atom. The minimum atomic E-state index is 0.694. The fraction of sp³-hybridized carbons (Fsp3) is 0.812. The van der Waals surface area contributed by atoms with Crippen molar-refractivity contribution in [2.75, 3.05) is 6.54 Å². The predicted octanol–water partition coefficient (Wildman–Crippen LogP) is 2.92. The van der Waals surface area contributed by atoms with E-state index in [1.807, 2.05) is 0 Å². The van der Waals surface area contributed by atoms with Gasteiger partial charge in [0.05, 0.1) is 5.69 Å².